The van der Waals surface area contributed by atoms with Crippen molar-refractivity contribution in [2.24, 2.45) is 28.6 Å². The van der Waals surface area contributed by atoms with Gasteiger partial charge in [-0.2, -0.15) is 58.7 Å². The number of rotatable bonds is 8. The Morgan fingerprint density at radius 3 is 1.97 bits per heavy atom. The number of carbonyl (C=O) groups excluding carboxylic acids is 3. The Morgan fingerprint density at radius 2 is 1.39 bits per heavy atom. The molecule has 12 nitrogen and oxygen atoms in total. The number of methoxy groups -OCH3 is 1. The van der Waals surface area contributed by atoms with E-state index in [0.717, 1.165) is 64.1 Å². The second kappa shape index (κ2) is 18.4. The second-order valence-corrected chi connectivity index (χ2v) is 17.3. The second-order valence-electron chi connectivity index (χ2n) is 17.3. The van der Waals surface area contributed by atoms with E-state index in [1.165, 1.54) is 20.0 Å². The van der Waals surface area contributed by atoms with Gasteiger partial charge >= 0.3 is 6.09 Å². The molecule has 2 aromatic carbocycles. The maximum atomic E-state index is 13.8. The minimum Gasteiger partial charge on any atom is -0.453 e. The zero-order chi connectivity index (χ0) is 38.8. The van der Waals surface area contributed by atoms with Gasteiger partial charge < -0.3 is 30.0 Å². The summed E-state index contributed by atoms with van der Waals surface area (Å²) in [6.07, 6.45) is 6.97. The van der Waals surface area contributed by atoms with Gasteiger partial charge in [0.2, 0.25) is 11.8 Å². The SMILES string of the molecule is COC(=O)N[C@H](C(=O)N1CC2(CC2)C[C@H]1c1nc(-c2ccc(C#Cc3ccc4nc([C@@H]5CC6(CC6)CN5C(=O)[C@@H](C)C(C)C)[nH]c4c3)cc2)cn1O)C(C)C.S.S.S.S. The monoisotopic (exact) mass is 881 g/mol. The molecule has 0 bridgehead atoms. The number of aromatic amines is 1. The lowest BCUT2D eigenvalue weighted by Crippen LogP contribution is -2.51. The van der Waals surface area contributed by atoms with E-state index in [9.17, 15) is 19.6 Å². The lowest BCUT2D eigenvalue weighted by Gasteiger charge is -2.30. The Kier molecular flexibility index (Phi) is 14.9. The van der Waals surface area contributed by atoms with Gasteiger partial charge in [0.05, 0.1) is 42.1 Å². The molecule has 59 heavy (non-hydrogen) atoms. The maximum Gasteiger partial charge on any atom is 0.407 e. The van der Waals surface area contributed by atoms with Crippen molar-refractivity contribution in [2.75, 3.05) is 20.2 Å². The van der Waals surface area contributed by atoms with Crippen molar-refractivity contribution in [3.8, 4) is 23.1 Å². The van der Waals surface area contributed by atoms with Crippen molar-refractivity contribution in [1.29, 1.82) is 0 Å². The molecule has 0 unspecified atom stereocenters. The van der Waals surface area contributed by atoms with Crippen LogP contribution in [-0.2, 0) is 14.3 Å². The molecule has 2 aromatic heterocycles. The van der Waals surface area contributed by atoms with Crippen molar-refractivity contribution in [3.05, 3.63) is 71.4 Å². The van der Waals surface area contributed by atoms with Crippen molar-refractivity contribution in [1.82, 2.24) is 34.8 Å². The largest absolute Gasteiger partial charge is 0.453 e. The van der Waals surface area contributed by atoms with Crippen molar-refractivity contribution >= 4 is 82.9 Å². The van der Waals surface area contributed by atoms with E-state index >= 15 is 0 Å². The molecule has 2 spiro atoms. The van der Waals surface area contributed by atoms with Crippen LogP contribution in [0.2, 0.25) is 0 Å². The summed E-state index contributed by atoms with van der Waals surface area (Å²) in [5.74, 6) is 7.92. The Balaban J connectivity index is 0.00000192. The zero-order valence-corrected chi connectivity index (χ0v) is 38.6. The van der Waals surface area contributed by atoms with E-state index in [4.69, 9.17) is 14.7 Å². The lowest BCUT2D eigenvalue weighted by atomic mass is 9.96. The summed E-state index contributed by atoms with van der Waals surface area (Å²) in [5.41, 5.74) is 5.12. The number of alkyl carbamates (subject to hydrolysis) is 1. The fourth-order valence-electron chi connectivity index (χ4n) is 8.44. The van der Waals surface area contributed by atoms with Gasteiger partial charge in [0.1, 0.15) is 11.9 Å². The predicted octanol–water partition coefficient (Wildman–Crippen LogP) is 7.29. The summed E-state index contributed by atoms with van der Waals surface area (Å²) in [7, 11) is 1.28. The highest BCUT2D eigenvalue weighted by Gasteiger charge is 2.56. The topological polar surface area (TPSA) is 146 Å². The molecule has 4 fully saturated rings. The Bertz CT molecular complexity index is 2220. The molecule has 3 amide bonds. The number of hydrogen-bond donors (Lipinski definition) is 3. The maximum absolute atomic E-state index is 13.8. The van der Waals surface area contributed by atoms with E-state index in [0.29, 0.717) is 24.5 Å². The van der Waals surface area contributed by atoms with Crippen LogP contribution >= 0.6 is 54.0 Å². The summed E-state index contributed by atoms with van der Waals surface area (Å²) in [4.78, 5) is 56.6. The third kappa shape index (κ3) is 9.53. The van der Waals surface area contributed by atoms with E-state index in [1.54, 1.807) is 11.1 Å². The summed E-state index contributed by atoms with van der Waals surface area (Å²) in [6, 6.07) is 12.5. The first-order valence-electron chi connectivity index (χ1n) is 19.6. The van der Waals surface area contributed by atoms with Crippen LogP contribution in [-0.4, -0.2) is 78.8 Å². The van der Waals surface area contributed by atoms with Crippen LogP contribution < -0.4 is 5.32 Å². The molecule has 4 atom stereocenters. The Morgan fingerprint density at radius 1 is 0.814 bits per heavy atom. The first-order chi connectivity index (χ1) is 26.3. The van der Waals surface area contributed by atoms with Crippen molar-refractivity contribution < 1.29 is 24.3 Å². The number of aromatic nitrogens is 4. The van der Waals surface area contributed by atoms with E-state index in [2.05, 4.69) is 40.9 Å². The molecular formula is C43H59N7O5S4. The first-order valence-corrected chi connectivity index (χ1v) is 19.6. The molecule has 4 aliphatic rings. The van der Waals surface area contributed by atoms with Crippen LogP contribution in [0.15, 0.2) is 48.7 Å². The van der Waals surface area contributed by atoms with Gasteiger partial charge in [-0.05, 0) is 91.5 Å². The number of fused-ring (bicyclic) bond motifs is 1. The standard InChI is InChI=1S/C43H51N7O5.4H2S/c1-25(2)27(5)39(51)48-23-42(15-16-42)20-34(48)37-44-31-14-11-29(19-32(31)45-37)8-7-28-9-12-30(13-10-28)33-22-50(54)38(46-33)35-21-43(17-18-43)24-49(35)40(52)36(26(3)4)47-41(53)55-6;;;;/h9-14,19,22,25-27,34-36,54H,15-18,20-21,23-24H2,1-6H3,(H,44,45)(H,47,53);4*1H2/t27-,34-,35-,36-;;;;/m0..../s1. The van der Waals surface area contributed by atoms with Crippen LogP contribution in [0.3, 0.4) is 0 Å². The minimum atomic E-state index is -0.758. The Hall–Kier alpha value is -3.91. The van der Waals surface area contributed by atoms with Crippen LogP contribution in [0, 0.1) is 40.4 Å². The highest BCUT2D eigenvalue weighted by atomic mass is 32.1. The number of imidazole rings is 2. The summed E-state index contributed by atoms with van der Waals surface area (Å²) >= 11 is 0. The molecular weight excluding hydrogens is 823 g/mol. The van der Waals surface area contributed by atoms with Crippen LogP contribution in [0.5, 0.6) is 0 Å². The number of H-pyrrole nitrogens is 1. The minimum absolute atomic E-state index is 0. The molecule has 4 aromatic rings. The third-order valence-corrected chi connectivity index (χ3v) is 12.6. The van der Waals surface area contributed by atoms with Gasteiger partial charge in [-0.3, -0.25) is 9.59 Å². The number of nitrogens with one attached hydrogen (secondary N) is 2. The number of amides is 3. The van der Waals surface area contributed by atoms with Crippen molar-refractivity contribution in [2.45, 2.75) is 91.3 Å². The normalized spacial score (nSPS) is 20.1. The van der Waals surface area contributed by atoms with Crippen LogP contribution in [0.1, 0.15) is 108 Å². The number of ether oxygens (including phenoxy) is 1. The number of nitrogens with zero attached hydrogens (tertiary/aromatic N) is 5. The smallest absolute Gasteiger partial charge is 0.407 e. The van der Waals surface area contributed by atoms with Crippen LogP contribution in [0.25, 0.3) is 22.3 Å². The van der Waals surface area contributed by atoms with Crippen LogP contribution in [0.4, 0.5) is 4.79 Å². The fourth-order valence-corrected chi connectivity index (χ4v) is 8.44. The Labute approximate surface area is 374 Å². The van der Waals surface area contributed by atoms with Crippen molar-refractivity contribution in [3.63, 3.8) is 0 Å². The summed E-state index contributed by atoms with van der Waals surface area (Å²) in [6.45, 7) is 11.4. The fraction of sp³-hybridized carbons (Fsp3) is 0.512. The highest BCUT2D eigenvalue weighted by Crippen LogP contribution is 2.59. The van der Waals surface area contributed by atoms with Gasteiger partial charge in [0.15, 0.2) is 5.82 Å². The molecule has 0 radical (unpaired) electrons. The summed E-state index contributed by atoms with van der Waals surface area (Å²) in [5, 5.41) is 13.8. The first kappa shape index (κ1) is 47.8. The number of likely N-dealkylation sites (tertiary alicyclic amines) is 2. The highest BCUT2D eigenvalue weighted by molar-refractivity contribution is 7.59. The molecule has 2 saturated heterocycles. The van der Waals surface area contributed by atoms with Gasteiger partial charge in [-0.15, -0.1) is 0 Å². The van der Waals surface area contributed by atoms with Gasteiger partial charge in [-0.25, -0.2) is 14.8 Å². The lowest BCUT2D eigenvalue weighted by molar-refractivity contribution is -0.137. The number of carbonyl (C=O) groups is 3. The summed E-state index contributed by atoms with van der Waals surface area (Å²) < 4.78 is 5.82. The van der Waals surface area contributed by atoms with Gasteiger partial charge in [0, 0.05) is 35.7 Å². The number of hydrogen-bond acceptors (Lipinski definition) is 7. The molecule has 3 N–H and O–H groups in total. The molecule has 2 aliphatic carbocycles. The predicted molar refractivity (Wildman–Crippen MR) is 248 cm³/mol. The molecule has 2 saturated carbocycles. The molecule has 320 valence electrons. The van der Waals surface area contributed by atoms with E-state index < -0.39 is 18.2 Å². The quantitative estimate of drug-likeness (QED) is 0.125. The van der Waals surface area contributed by atoms with Gasteiger partial charge in [-0.1, -0.05) is 58.6 Å². The average Bonchev–Trinajstić information content (AvgIpc) is 3.85. The van der Waals surface area contributed by atoms with E-state index in [-0.39, 0.29) is 100 Å². The average molecular weight is 882 g/mol. The molecule has 8 rings (SSSR count). The zero-order valence-electron chi connectivity index (χ0n) is 34.6. The van der Waals surface area contributed by atoms with E-state index in [1.807, 2.05) is 63.2 Å². The molecule has 16 heteroatoms. The molecule has 4 heterocycles. The van der Waals surface area contributed by atoms with Gasteiger partial charge in [0.25, 0.3) is 0 Å². The third-order valence-electron chi connectivity index (χ3n) is 12.6. The molecule has 2 aliphatic heterocycles. The number of benzene rings is 2.